The highest BCUT2D eigenvalue weighted by Crippen LogP contribution is 2.34. The third-order valence-electron chi connectivity index (χ3n) is 2.91. The number of ether oxygens (including phenoxy) is 1. The molecule has 15 heavy (non-hydrogen) atoms. The number of hydrogen-bond donors (Lipinski definition) is 0. The number of epoxide rings is 1. The van der Waals surface area contributed by atoms with Gasteiger partial charge in [0.2, 0.25) is 0 Å². The molecule has 3 heteroatoms. The Hall–Kier alpha value is -0.240. The fraction of sp³-hybridized carbons (Fsp3) is 0.500. The van der Waals surface area contributed by atoms with Crippen molar-refractivity contribution in [2.45, 2.75) is 32.5 Å². The van der Waals surface area contributed by atoms with E-state index in [0.717, 1.165) is 22.0 Å². The van der Waals surface area contributed by atoms with Gasteiger partial charge in [0.25, 0.3) is 0 Å². The zero-order valence-electron chi connectivity index (χ0n) is 8.84. The smallest absolute Gasteiger partial charge is 0.0867 e. The summed E-state index contributed by atoms with van der Waals surface area (Å²) in [4.78, 5) is 0. The monoisotopic (exact) mass is 244 g/mol. The highest BCUT2D eigenvalue weighted by Gasteiger charge is 2.39. The summed E-state index contributed by atoms with van der Waals surface area (Å²) in [6.07, 6.45) is 1.65. The van der Waals surface area contributed by atoms with Crippen LogP contribution >= 0.6 is 23.2 Å². The van der Waals surface area contributed by atoms with Gasteiger partial charge in [-0.15, -0.1) is 0 Å². The molecule has 0 N–H and O–H groups in total. The fourth-order valence-electron chi connectivity index (χ4n) is 1.96. The van der Waals surface area contributed by atoms with Gasteiger partial charge in [-0.3, -0.25) is 0 Å². The molecule has 0 spiro atoms. The van der Waals surface area contributed by atoms with Crippen molar-refractivity contribution < 1.29 is 4.74 Å². The minimum atomic E-state index is 0.373. The third kappa shape index (κ3) is 2.47. The van der Waals surface area contributed by atoms with E-state index >= 15 is 0 Å². The van der Waals surface area contributed by atoms with Crippen LogP contribution in [0.4, 0.5) is 0 Å². The lowest BCUT2D eigenvalue weighted by Crippen LogP contribution is -2.09. The normalized spacial score (nSPS) is 26.4. The number of benzene rings is 1. The maximum Gasteiger partial charge on any atom is 0.0867 e. The van der Waals surface area contributed by atoms with Crippen LogP contribution in [-0.4, -0.2) is 12.2 Å². The summed E-state index contributed by atoms with van der Waals surface area (Å²) in [5.41, 5.74) is 1.04. The van der Waals surface area contributed by atoms with Crippen molar-refractivity contribution in [1.82, 2.24) is 0 Å². The molecule has 1 heterocycles. The molecule has 0 saturated carbocycles. The van der Waals surface area contributed by atoms with Gasteiger partial charge in [-0.2, -0.15) is 0 Å². The van der Waals surface area contributed by atoms with Crippen LogP contribution < -0.4 is 0 Å². The molecule has 1 fully saturated rings. The van der Waals surface area contributed by atoms with Crippen molar-refractivity contribution in [3.63, 3.8) is 0 Å². The van der Waals surface area contributed by atoms with Crippen LogP contribution in [0.3, 0.4) is 0 Å². The minimum Gasteiger partial charge on any atom is -0.370 e. The Kier molecular flexibility index (Phi) is 3.24. The second-order valence-corrected chi connectivity index (χ2v) is 5.00. The van der Waals surface area contributed by atoms with Gasteiger partial charge in [0.15, 0.2) is 0 Å². The zero-order chi connectivity index (χ0) is 11.0. The van der Waals surface area contributed by atoms with Gasteiger partial charge in [-0.25, -0.2) is 0 Å². The quantitative estimate of drug-likeness (QED) is 0.734. The predicted octanol–water partition coefficient (Wildman–Crippen LogP) is 3.96. The number of hydrogen-bond acceptors (Lipinski definition) is 1. The predicted molar refractivity (Wildman–Crippen MR) is 63.7 cm³/mol. The maximum atomic E-state index is 6.11. The lowest BCUT2D eigenvalue weighted by atomic mass is 9.96. The molecule has 82 valence electrons. The van der Waals surface area contributed by atoms with E-state index in [4.69, 9.17) is 27.9 Å². The lowest BCUT2D eigenvalue weighted by Gasteiger charge is -2.11. The Morgan fingerprint density at radius 2 is 1.87 bits per heavy atom. The molecule has 0 aliphatic carbocycles. The van der Waals surface area contributed by atoms with Gasteiger partial charge < -0.3 is 4.74 Å². The number of halogens is 2. The summed E-state index contributed by atoms with van der Waals surface area (Å²) in [6, 6.07) is 5.63. The molecule has 1 aromatic rings. The minimum absolute atomic E-state index is 0.373. The summed E-state index contributed by atoms with van der Waals surface area (Å²) >= 11 is 12.2. The van der Waals surface area contributed by atoms with E-state index in [0.29, 0.717) is 18.1 Å². The Morgan fingerprint density at radius 1 is 1.33 bits per heavy atom. The summed E-state index contributed by atoms with van der Waals surface area (Å²) in [6.45, 7) is 4.27. The Morgan fingerprint density at radius 3 is 2.33 bits per heavy atom. The highest BCUT2D eigenvalue weighted by molar-refractivity contribution is 6.35. The molecule has 3 atom stereocenters. The van der Waals surface area contributed by atoms with Crippen molar-refractivity contribution >= 4 is 23.2 Å². The van der Waals surface area contributed by atoms with Gasteiger partial charge in [0, 0.05) is 10.0 Å². The van der Waals surface area contributed by atoms with Gasteiger partial charge in [0.1, 0.15) is 0 Å². The molecule has 1 aliphatic rings. The fourth-order valence-corrected chi connectivity index (χ4v) is 2.52. The molecule has 2 rings (SSSR count). The van der Waals surface area contributed by atoms with E-state index in [1.807, 2.05) is 18.2 Å². The summed E-state index contributed by atoms with van der Waals surface area (Å²) in [7, 11) is 0. The van der Waals surface area contributed by atoms with Crippen LogP contribution in [0.25, 0.3) is 0 Å². The molecule has 0 aromatic heterocycles. The van der Waals surface area contributed by atoms with Crippen LogP contribution in [0.1, 0.15) is 19.4 Å². The van der Waals surface area contributed by atoms with Gasteiger partial charge in [0.05, 0.1) is 12.2 Å². The first kappa shape index (κ1) is 11.3. The van der Waals surface area contributed by atoms with E-state index in [-0.39, 0.29) is 0 Å². The molecule has 1 nitrogen and oxygen atoms in total. The Bertz CT molecular complexity index is 344. The van der Waals surface area contributed by atoms with Crippen molar-refractivity contribution in [1.29, 1.82) is 0 Å². The van der Waals surface area contributed by atoms with E-state index < -0.39 is 0 Å². The zero-order valence-corrected chi connectivity index (χ0v) is 10.3. The standard InChI is InChI=1S/C12H14Cl2O/c1-7(12-8(2)15-12)6-9-10(13)4-3-5-11(9)14/h3-5,7-8,12H,6H2,1-2H3. The van der Waals surface area contributed by atoms with Crippen LogP contribution in [0, 0.1) is 5.92 Å². The second kappa shape index (κ2) is 4.32. The van der Waals surface area contributed by atoms with Crippen molar-refractivity contribution in [3.8, 4) is 0 Å². The third-order valence-corrected chi connectivity index (χ3v) is 3.61. The Labute approximate surface area is 100 Å². The Balaban J connectivity index is 2.10. The van der Waals surface area contributed by atoms with Gasteiger partial charge in [-0.05, 0) is 37.0 Å². The summed E-state index contributed by atoms with van der Waals surface area (Å²) < 4.78 is 5.44. The van der Waals surface area contributed by atoms with E-state index in [9.17, 15) is 0 Å². The van der Waals surface area contributed by atoms with E-state index in [1.165, 1.54) is 0 Å². The maximum absolute atomic E-state index is 6.11. The molecule has 1 aromatic carbocycles. The van der Waals surface area contributed by atoms with Crippen LogP contribution in [0.5, 0.6) is 0 Å². The van der Waals surface area contributed by atoms with Crippen LogP contribution in [0.15, 0.2) is 18.2 Å². The molecule has 1 aliphatic heterocycles. The van der Waals surface area contributed by atoms with E-state index in [2.05, 4.69) is 13.8 Å². The van der Waals surface area contributed by atoms with Crippen molar-refractivity contribution in [2.75, 3.05) is 0 Å². The average Bonchev–Trinajstić information content (AvgIpc) is 2.89. The summed E-state index contributed by atoms with van der Waals surface area (Å²) in [5, 5.41) is 1.50. The van der Waals surface area contributed by atoms with Crippen molar-refractivity contribution in [3.05, 3.63) is 33.8 Å². The van der Waals surface area contributed by atoms with Crippen LogP contribution in [0.2, 0.25) is 10.0 Å². The average molecular weight is 245 g/mol. The summed E-state index contributed by atoms with van der Waals surface area (Å²) in [5.74, 6) is 0.470. The van der Waals surface area contributed by atoms with Crippen LogP contribution in [-0.2, 0) is 11.2 Å². The first-order chi connectivity index (χ1) is 7.09. The lowest BCUT2D eigenvalue weighted by molar-refractivity contribution is 0.328. The molecule has 0 bridgehead atoms. The number of rotatable bonds is 3. The van der Waals surface area contributed by atoms with Crippen molar-refractivity contribution in [2.24, 2.45) is 5.92 Å². The first-order valence-corrected chi connectivity index (χ1v) is 5.93. The molecule has 3 unspecified atom stereocenters. The topological polar surface area (TPSA) is 12.5 Å². The SMILES string of the molecule is CC(Cc1c(Cl)cccc1Cl)C1OC1C. The molecular formula is C12H14Cl2O. The highest BCUT2D eigenvalue weighted by atomic mass is 35.5. The second-order valence-electron chi connectivity index (χ2n) is 4.19. The molecule has 0 amide bonds. The van der Waals surface area contributed by atoms with E-state index in [1.54, 1.807) is 0 Å². The van der Waals surface area contributed by atoms with Gasteiger partial charge >= 0.3 is 0 Å². The largest absolute Gasteiger partial charge is 0.370 e. The molecule has 1 saturated heterocycles. The molecular weight excluding hydrogens is 231 g/mol. The molecule has 0 radical (unpaired) electrons. The first-order valence-electron chi connectivity index (χ1n) is 5.18. The van der Waals surface area contributed by atoms with Gasteiger partial charge in [-0.1, -0.05) is 36.2 Å².